The molecule has 3 N–H and O–H groups in total. The predicted molar refractivity (Wildman–Crippen MR) is 107 cm³/mol. The third-order valence-electron chi connectivity index (χ3n) is 4.82. The van der Waals surface area contributed by atoms with Gasteiger partial charge in [-0.3, -0.25) is 4.79 Å². The van der Waals surface area contributed by atoms with Crippen LogP contribution >= 0.6 is 0 Å². The summed E-state index contributed by atoms with van der Waals surface area (Å²) in [6.45, 7) is 5.48. The van der Waals surface area contributed by atoms with Gasteiger partial charge in [-0.2, -0.15) is 0 Å². The summed E-state index contributed by atoms with van der Waals surface area (Å²) in [4.78, 5) is 23.6. The van der Waals surface area contributed by atoms with Crippen molar-refractivity contribution in [3.05, 3.63) is 29.3 Å². The molecule has 27 heavy (non-hydrogen) atoms. The molecule has 0 saturated heterocycles. The van der Waals surface area contributed by atoms with Gasteiger partial charge in [-0.1, -0.05) is 37.0 Å². The van der Waals surface area contributed by atoms with E-state index in [0.29, 0.717) is 38.6 Å². The summed E-state index contributed by atoms with van der Waals surface area (Å²) in [5.74, 6) is 0.830. The summed E-state index contributed by atoms with van der Waals surface area (Å²) in [6.07, 6.45) is 6.82. The minimum atomic E-state index is -0.121. The van der Waals surface area contributed by atoms with E-state index < -0.39 is 0 Å². The number of rotatable bonds is 9. The van der Waals surface area contributed by atoms with E-state index in [9.17, 15) is 9.59 Å². The molecule has 1 fully saturated rings. The Hall–Kier alpha value is -2.24. The largest absolute Gasteiger partial charge is 0.491 e. The monoisotopic (exact) mass is 375 g/mol. The zero-order valence-electron chi connectivity index (χ0n) is 16.6. The molecule has 0 unspecified atom stereocenters. The average Bonchev–Trinajstić information content (AvgIpc) is 2.64. The van der Waals surface area contributed by atoms with Gasteiger partial charge in [0.25, 0.3) is 0 Å². The molecule has 1 aromatic carbocycles. The van der Waals surface area contributed by atoms with E-state index in [4.69, 9.17) is 4.74 Å². The number of benzene rings is 1. The summed E-state index contributed by atoms with van der Waals surface area (Å²) in [7, 11) is 0. The zero-order valence-corrected chi connectivity index (χ0v) is 16.6. The van der Waals surface area contributed by atoms with Crippen LogP contribution in [-0.4, -0.2) is 37.7 Å². The summed E-state index contributed by atoms with van der Waals surface area (Å²) in [5.41, 5.74) is 2.30. The molecule has 0 radical (unpaired) electrons. The first-order valence-corrected chi connectivity index (χ1v) is 10.1. The number of amides is 3. The number of hydrogen-bond donors (Lipinski definition) is 3. The van der Waals surface area contributed by atoms with Crippen LogP contribution in [0.1, 0.15) is 56.1 Å². The van der Waals surface area contributed by atoms with Crippen LogP contribution in [0.15, 0.2) is 18.2 Å². The molecule has 2 rings (SSSR count). The Bertz CT molecular complexity index is 613. The summed E-state index contributed by atoms with van der Waals surface area (Å²) < 4.78 is 5.69. The highest BCUT2D eigenvalue weighted by Crippen LogP contribution is 2.18. The fraction of sp³-hybridized carbons (Fsp3) is 0.619. The van der Waals surface area contributed by atoms with E-state index in [2.05, 4.69) is 22.0 Å². The van der Waals surface area contributed by atoms with Crippen molar-refractivity contribution in [1.82, 2.24) is 16.0 Å². The smallest absolute Gasteiger partial charge is 0.315 e. The topological polar surface area (TPSA) is 79.5 Å². The van der Waals surface area contributed by atoms with E-state index in [-0.39, 0.29) is 11.9 Å². The zero-order chi connectivity index (χ0) is 19.5. The molecular formula is C21H33N3O3. The first kappa shape index (κ1) is 21.1. The maximum absolute atomic E-state index is 11.8. The summed E-state index contributed by atoms with van der Waals surface area (Å²) in [6, 6.07) is 6.23. The first-order chi connectivity index (χ1) is 13.0. The molecule has 3 amide bonds. The van der Waals surface area contributed by atoms with Gasteiger partial charge in [-0.15, -0.1) is 0 Å². The molecule has 0 spiro atoms. The van der Waals surface area contributed by atoms with Crippen LogP contribution in [0.2, 0.25) is 0 Å². The molecule has 0 aliphatic heterocycles. The lowest BCUT2D eigenvalue weighted by Crippen LogP contribution is -2.43. The second kappa shape index (κ2) is 11.5. The van der Waals surface area contributed by atoms with Crippen molar-refractivity contribution >= 4 is 11.9 Å². The molecule has 150 valence electrons. The van der Waals surface area contributed by atoms with Gasteiger partial charge >= 0.3 is 6.03 Å². The average molecular weight is 376 g/mol. The molecule has 1 aliphatic rings. The number of urea groups is 1. The molecule has 0 aromatic heterocycles. The SMILES string of the molecule is Cc1ccc(OCCNC(=O)CCCNC(=O)NC2CCCCC2)c(C)c1. The third-order valence-corrected chi connectivity index (χ3v) is 4.82. The Labute approximate surface area is 162 Å². The molecular weight excluding hydrogens is 342 g/mol. The summed E-state index contributed by atoms with van der Waals surface area (Å²) >= 11 is 0. The molecule has 1 saturated carbocycles. The van der Waals surface area contributed by atoms with Crippen LogP contribution in [0, 0.1) is 13.8 Å². The van der Waals surface area contributed by atoms with Gasteiger partial charge in [-0.05, 0) is 44.7 Å². The fourth-order valence-corrected chi connectivity index (χ4v) is 3.34. The second-order valence-corrected chi connectivity index (χ2v) is 7.31. The minimum Gasteiger partial charge on any atom is -0.491 e. The highest BCUT2D eigenvalue weighted by Gasteiger charge is 2.15. The van der Waals surface area contributed by atoms with Gasteiger partial charge in [0.2, 0.25) is 5.91 Å². The highest BCUT2D eigenvalue weighted by molar-refractivity contribution is 5.76. The Morgan fingerprint density at radius 1 is 1.07 bits per heavy atom. The van der Waals surface area contributed by atoms with Gasteiger partial charge in [0.15, 0.2) is 0 Å². The molecule has 0 heterocycles. The molecule has 0 bridgehead atoms. The molecule has 6 nitrogen and oxygen atoms in total. The van der Waals surface area contributed by atoms with E-state index >= 15 is 0 Å². The quantitative estimate of drug-likeness (QED) is 0.580. The van der Waals surface area contributed by atoms with Crippen LogP contribution in [0.25, 0.3) is 0 Å². The van der Waals surface area contributed by atoms with Gasteiger partial charge in [-0.25, -0.2) is 4.79 Å². The Morgan fingerprint density at radius 2 is 1.85 bits per heavy atom. The molecule has 6 heteroatoms. The molecule has 0 atom stereocenters. The van der Waals surface area contributed by atoms with Crippen molar-refractivity contribution in [3.63, 3.8) is 0 Å². The lowest BCUT2D eigenvalue weighted by Gasteiger charge is -2.22. The van der Waals surface area contributed by atoms with Gasteiger partial charge in [0, 0.05) is 19.0 Å². The van der Waals surface area contributed by atoms with E-state index in [1.54, 1.807) is 0 Å². The van der Waals surface area contributed by atoms with Crippen molar-refractivity contribution in [1.29, 1.82) is 0 Å². The van der Waals surface area contributed by atoms with Crippen molar-refractivity contribution in [2.75, 3.05) is 19.7 Å². The number of carbonyl (C=O) groups is 2. The predicted octanol–water partition coefficient (Wildman–Crippen LogP) is 3.21. The standard InChI is InChI=1S/C21H33N3O3/c1-16-10-11-19(17(2)15-16)27-14-13-22-20(25)9-6-12-23-21(26)24-18-7-4-3-5-8-18/h10-11,15,18H,3-9,12-14H2,1-2H3,(H,22,25)(H2,23,24,26). The number of carbonyl (C=O) groups excluding carboxylic acids is 2. The van der Waals surface area contributed by atoms with Crippen LogP contribution in [-0.2, 0) is 4.79 Å². The van der Waals surface area contributed by atoms with Crippen molar-refractivity contribution in [3.8, 4) is 5.75 Å². The van der Waals surface area contributed by atoms with Gasteiger partial charge in [0.05, 0.1) is 6.54 Å². The van der Waals surface area contributed by atoms with Crippen molar-refractivity contribution in [2.45, 2.75) is 64.8 Å². The number of nitrogens with one attached hydrogen (secondary N) is 3. The molecule has 1 aromatic rings. The highest BCUT2D eigenvalue weighted by atomic mass is 16.5. The van der Waals surface area contributed by atoms with E-state index in [1.807, 2.05) is 26.0 Å². The molecule has 1 aliphatic carbocycles. The lowest BCUT2D eigenvalue weighted by atomic mass is 9.96. The van der Waals surface area contributed by atoms with Crippen LogP contribution in [0.4, 0.5) is 4.79 Å². The second-order valence-electron chi connectivity index (χ2n) is 7.31. The number of hydrogen-bond acceptors (Lipinski definition) is 3. The first-order valence-electron chi connectivity index (χ1n) is 10.1. The van der Waals surface area contributed by atoms with Gasteiger partial charge < -0.3 is 20.7 Å². The van der Waals surface area contributed by atoms with E-state index in [0.717, 1.165) is 24.2 Å². The third kappa shape index (κ3) is 8.33. The number of aryl methyl sites for hydroxylation is 2. The summed E-state index contributed by atoms with van der Waals surface area (Å²) in [5, 5.41) is 8.68. The van der Waals surface area contributed by atoms with Crippen molar-refractivity contribution in [2.24, 2.45) is 0 Å². The van der Waals surface area contributed by atoms with Crippen molar-refractivity contribution < 1.29 is 14.3 Å². The Balaban J connectivity index is 1.49. The van der Waals surface area contributed by atoms with E-state index in [1.165, 1.54) is 24.8 Å². The fourth-order valence-electron chi connectivity index (χ4n) is 3.34. The lowest BCUT2D eigenvalue weighted by molar-refractivity contribution is -0.121. The number of ether oxygens (including phenoxy) is 1. The normalized spacial score (nSPS) is 14.4. The Kier molecular flexibility index (Phi) is 8.95. The van der Waals surface area contributed by atoms with Crippen LogP contribution < -0.4 is 20.7 Å². The minimum absolute atomic E-state index is 0.0197. The van der Waals surface area contributed by atoms with Crippen LogP contribution in [0.5, 0.6) is 5.75 Å². The van der Waals surface area contributed by atoms with Gasteiger partial charge in [0.1, 0.15) is 12.4 Å². The Morgan fingerprint density at radius 3 is 2.59 bits per heavy atom. The maximum Gasteiger partial charge on any atom is 0.315 e. The maximum atomic E-state index is 11.8. The van der Waals surface area contributed by atoms with Crippen LogP contribution in [0.3, 0.4) is 0 Å².